The van der Waals surface area contributed by atoms with Crippen molar-refractivity contribution in [3.8, 4) is 0 Å². The van der Waals surface area contributed by atoms with E-state index in [0.29, 0.717) is 19.3 Å². The Labute approximate surface area is 121 Å². The lowest BCUT2D eigenvalue weighted by atomic mass is 9.62. The van der Waals surface area contributed by atoms with E-state index in [0.717, 1.165) is 5.56 Å². The molecule has 0 saturated heterocycles. The van der Waals surface area contributed by atoms with Gasteiger partial charge in [0.05, 0.1) is 11.0 Å². The van der Waals surface area contributed by atoms with Gasteiger partial charge in [0.15, 0.2) is 0 Å². The van der Waals surface area contributed by atoms with Crippen molar-refractivity contribution >= 4 is 5.78 Å². The molecule has 0 aliphatic heterocycles. The molecule has 1 aromatic rings. The number of carbonyl (C=O) groups is 1. The van der Waals surface area contributed by atoms with E-state index in [4.69, 9.17) is 0 Å². The third kappa shape index (κ3) is 2.75. The smallest absolute Gasteiger partial charge is 0.145 e. The van der Waals surface area contributed by atoms with E-state index < -0.39 is 11.0 Å². The predicted octanol–water partition coefficient (Wildman–Crippen LogP) is 3.81. The number of rotatable bonds is 8. The maximum absolute atomic E-state index is 12.6. The fraction of sp³-hybridized carbons (Fsp3) is 0.389. The van der Waals surface area contributed by atoms with Crippen LogP contribution in [-0.4, -0.2) is 16.5 Å². The van der Waals surface area contributed by atoms with Crippen LogP contribution in [0.4, 0.5) is 0 Å². The minimum absolute atomic E-state index is 0.0231. The van der Waals surface area contributed by atoms with Crippen LogP contribution >= 0.6 is 0 Å². The lowest BCUT2D eigenvalue weighted by Gasteiger charge is -2.43. The van der Waals surface area contributed by atoms with Crippen LogP contribution in [0.25, 0.3) is 0 Å². The summed E-state index contributed by atoms with van der Waals surface area (Å²) in [5.74, 6) is 0.0231. The molecule has 0 spiro atoms. The fourth-order valence-corrected chi connectivity index (χ4v) is 2.78. The number of aliphatic hydroxyl groups is 1. The lowest BCUT2D eigenvalue weighted by Crippen LogP contribution is -2.54. The van der Waals surface area contributed by atoms with E-state index in [1.54, 1.807) is 12.2 Å². The van der Waals surface area contributed by atoms with E-state index >= 15 is 0 Å². The molecule has 2 heteroatoms. The minimum atomic E-state index is -1.20. The molecule has 1 unspecified atom stereocenters. The summed E-state index contributed by atoms with van der Waals surface area (Å²) in [6, 6.07) is 9.47. The molecular formula is C18H24O2. The second-order valence-corrected chi connectivity index (χ2v) is 5.28. The zero-order chi connectivity index (χ0) is 15.2. The first kappa shape index (κ1) is 16.4. The highest BCUT2D eigenvalue weighted by atomic mass is 16.3. The minimum Gasteiger partial charge on any atom is -0.388 e. The van der Waals surface area contributed by atoms with Crippen LogP contribution in [0.1, 0.15) is 38.7 Å². The van der Waals surface area contributed by atoms with Gasteiger partial charge in [-0.2, -0.15) is 0 Å². The number of carbonyl (C=O) groups excluding carboxylic acids is 1. The molecule has 2 nitrogen and oxygen atoms in total. The van der Waals surface area contributed by atoms with Crippen molar-refractivity contribution in [3.05, 3.63) is 61.2 Å². The molecule has 0 radical (unpaired) electrons. The number of hydrogen-bond acceptors (Lipinski definition) is 2. The highest BCUT2D eigenvalue weighted by molar-refractivity contribution is 5.91. The predicted molar refractivity (Wildman–Crippen MR) is 83.7 cm³/mol. The molecule has 0 amide bonds. The zero-order valence-electron chi connectivity index (χ0n) is 12.4. The highest BCUT2D eigenvalue weighted by Gasteiger charge is 2.50. The van der Waals surface area contributed by atoms with Crippen molar-refractivity contribution in [1.82, 2.24) is 0 Å². The van der Waals surface area contributed by atoms with E-state index in [-0.39, 0.29) is 5.78 Å². The van der Waals surface area contributed by atoms with Crippen molar-refractivity contribution in [2.75, 3.05) is 0 Å². The third-order valence-corrected chi connectivity index (χ3v) is 4.12. The lowest BCUT2D eigenvalue weighted by molar-refractivity contribution is -0.135. The van der Waals surface area contributed by atoms with Crippen molar-refractivity contribution < 1.29 is 9.90 Å². The molecule has 0 bridgehead atoms. The van der Waals surface area contributed by atoms with Crippen LogP contribution in [0.5, 0.6) is 0 Å². The first-order chi connectivity index (χ1) is 9.46. The van der Waals surface area contributed by atoms with Gasteiger partial charge in [-0.1, -0.05) is 49.4 Å². The largest absolute Gasteiger partial charge is 0.388 e. The first-order valence-corrected chi connectivity index (χ1v) is 6.99. The van der Waals surface area contributed by atoms with E-state index in [1.165, 1.54) is 0 Å². The van der Waals surface area contributed by atoms with Crippen LogP contribution in [0.3, 0.4) is 0 Å². The maximum Gasteiger partial charge on any atom is 0.145 e. The van der Waals surface area contributed by atoms with Gasteiger partial charge in [0.25, 0.3) is 0 Å². The molecule has 1 aromatic carbocycles. The van der Waals surface area contributed by atoms with Crippen molar-refractivity contribution in [1.29, 1.82) is 0 Å². The third-order valence-electron chi connectivity index (χ3n) is 4.12. The number of ketones is 1. The molecule has 0 aliphatic rings. The Morgan fingerprint density at radius 3 is 2.10 bits per heavy atom. The van der Waals surface area contributed by atoms with Gasteiger partial charge in [0, 0.05) is 6.42 Å². The van der Waals surface area contributed by atoms with Crippen molar-refractivity contribution in [2.45, 2.75) is 44.1 Å². The summed E-state index contributed by atoms with van der Waals surface area (Å²) in [5.41, 5.74) is -1.34. The second kappa shape index (κ2) is 6.67. The van der Waals surface area contributed by atoms with Crippen molar-refractivity contribution in [3.63, 3.8) is 0 Å². The Balaban J connectivity index is 3.47. The Hall–Kier alpha value is -1.67. The summed E-state index contributed by atoms with van der Waals surface area (Å²) in [6.07, 6.45) is 4.38. The van der Waals surface area contributed by atoms with Gasteiger partial charge in [-0.25, -0.2) is 0 Å². The van der Waals surface area contributed by atoms with E-state index in [9.17, 15) is 9.90 Å². The molecule has 0 aliphatic carbocycles. The molecule has 0 saturated carbocycles. The quantitative estimate of drug-likeness (QED) is 0.731. The molecule has 1 N–H and O–H groups in total. The van der Waals surface area contributed by atoms with Gasteiger partial charge in [-0.3, -0.25) is 4.79 Å². The summed E-state index contributed by atoms with van der Waals surface area (Å²) < 4.78 is 0. The van der Waals surface area contributed by atoms with Crippen LogP contribution in [0, 0.1) is 0 Å². The van der Waals surface area contributed by atoms with Crippen LogP contribution in [-0.2, 0) is 10.2 Å². The molecule has 0 aromatic heterocycles. The average molecular weight is 272 g/mol. The Morgan fingerprint density at radius 2 is 1.70 bits per heavy atom. The van der Waals surface area contributed by atoms with Crippen LogP contribution in [0.2, 0.25) is 0 Å². The molecule has 1 rings (SSSR count). The maximum atomic E-state index is 12.6. The summed E-state index contributed by atoms with van der Waals surface area (Å²) in [7, 11) is 0. The molecule has 0 fully saturated rings. The van der Waals surface area contributed by atoms with Crippen LogP contribution in [0.15, 0.2) is 55.6 Å². The summed E-state index contributed by atoms with van der Waals surface area (Å²) in [4.78, 5) is 12.6. The van der Waals surface area contributed by atoms with Gasteiger partial charge >= 0.3 is 0 Å². The molecule has 20 heavy (non-hydrogen) atoms. The number of hydrogen-bond donors (Lipinski definition) is 1. The normalized spacial score (nSPS) is 14.3. The standard InChI is InChI=1S/C18H24O2/c1-5-13-18(20,14-6-2)17(4,16(19)7-3)15-11-9-8-10-12-15/h5-6,8-12,20H,1-2,7,13-14H2,3-4H3. The summed E-state index contributed by atoms with van der Waals surface area (Å²) in [6.45, 7) is 11.1. The van der Waals surface area contributed by atoms with Crippen molar-refractivity contribution in [2.24, 2.45) is 0 Å². The fourth-order valence-electron chi connectivity index (χ4n) is 2.78. The molecular weight excluding hydrogens is 248 g/mol. The molecule has 1 atom stereocenters. The zero-order valence-corrected chi connectivity index (χ0v) is 12.4. The van der Waals surface area contributed by atoms with Gasteiger partial charge < -0.3 is 5.11 Å². The number of benzene rings is 1. The highest BCUT2D eigenvalue weighted by Crippen LogP contribution is 2.42. The Bertz CT molecular complexity index is 465. The SMILES string of the molecule is C=CCC(O)(CC=C)C(C)(C(=O)CC)c1ccccc1. The van der Waals surface area contributed by atoms with Gasteiger partial charge in [-0.05, 0) is 25.3 Å². The average Bonchev–Trinajstić information content (AvgIpc) is 2.46. The summed E-state index contributed by atoms with van der Waals surface area (Å²) >= 11 is 0. The second-order valence-electron chi connectivity index (χ2n) is 5.28. The van der Waals surface area contributed by atoms with Crippen LogP contribution < -0.4 is 0 Å². The van der Waals surface area contributed by atoms with E-state index in [2.05, 4.69) is 13.2 Å². The molecule has 108 valence electrons. The Morgan fingerprint density at radius 1 is 1.20 bits per heavy atom. The van der Waals surface area contributed by atoms with E-state index in [1.807, 2.05) is 44.2 Å². The summed E-state index contributed by atoms with van der Waals surface area (Å²) in [5, 5.41) is 11.1. The number of Topliss-reactive ketones (excluding diaryl/α,β-unsaturated/α-hetero) is 1. The van der Waals surface area contributed by atoms with Gasteiger partial charge in [0.2, 0.25) is 0 Å². The van der Waals surface area contributed by atoms with Gasteiger partial charge in [0.1, 0.15) is 5.78 Å². The monoisotopic (exact) mass is 272 g/mol. The Kier molecular flexibility index (Phi) is 5.46. The first-order valence-electron chi connectivity index (χ1n) is 6.99. The van der Waals surface area contributed by atoms with Gasteiger partial charge in [-0.15, -0.1) is 13.2 Å². The topological polar surface area (TPSA) is 37.3 Å². The molecule has 0 heterocycles.